The van der Waals surface area contributed by atoms with Gasteiger partial charge in [0, 0.05) is 11.3 Å². The van der Waals surface area contributed by atoms with Crippen molar-refractivity contribution in [3.8, 4) is 11.5 Å². The van der Waals surface area contributed by atoms with Crippen LogP contribution in [0.5, 0.6) is 11.5 Å². The van der Waals surface area contributed by atoms with E-state index in [0.717, 1.165) is 5.56 Å². The van der Waals surface area contributed by atoms with E-state index in [1.54, 1.807) is 48.5 Å². The Morgan fingerprint density at radius 3 is 2.47 bits per heavy atom. The molecule has 2 N–H and O–H groups in total. The number of nitrogens with zero attached hydrogens (tertiary/aromatic N) is 1. The number of hydrogen-bond acceptors (Lipinski definition) is 5. The summed E-state index contributed by atoms with van der Waals surface area (Å²) in [5.74, 6) is -0.786. The third-order valence-corrected chi connectivity index (χ3v) is 5.20. The van der Waals surface area contributed by atoms with Crippen LogP contribution >= 0.6 is 0 Å². The Bertz CT molecular complexity index is 1270. The van der Waals surface area contributed by atoms with E-state index in [9.17, 15) is 14.4 Å². The number of hydrogen-bond donors (Lipinski definition) is 2. The van der Waals surface area contributed by atoms with Crippen LogP contribution in [0.25, 0.3) is 6.08 Å². The van der Waals surface area contributed by atoms with Gasteiger partial charge in [-0.15, -0.1) is 0 Å². The summed E-state index contributed by atoms with van der Waals surface area (Å²) in [6.07, 6.45) is 1.43. The van der Waals surface area contributed by atoms with Crippen LogP contribution in [0, 0.1) is 6.92 Å². The lowest BCUT2D eigenvalue weighted by Gasteiger charge is -2.14. The first-order valence-electron chi connectivity index (χ1n) is 10.6. The van der Waals surface area contributed by atoms with Crippen LogP contribution in [-0.2, 0) is 14.4 Å². The number of methoxy groups -OCH3 is 1. The molecule has 0 saturated carbocycles. The minimum absolute atomic E-state index is 0.0636. The van der Waals surface area contributed by atoms with Gasteiger partial charge < -0.3 is 14.8 Å². The second-order valence-electron chi connectivity index (χ2n) is 7.51. The quantitative estimate of drug-likeness (QED) is 0.418. The van der Waals surface area contributed by atoms with Gasteiger partial charge >= 0.3 is 0 Å². The van der Waals surface area contributed by atoms with E-state index < -0.39 is 11.8 Å². The molecule has 4 rings (SSSR count). The zero-order valence-electron chi connectivity index (χ0n) is 18.7. The summed E-state index contributed by atoms with van der Waals surface area (Å²) in [4.78, 5) is 38.0. The van der Waals surface area contributed by atoms with Crippen molar-refractivity contribution in [3.63, 3.8) is 0 Å². The van der Waals surface area contributed by atoms with E-state index in [1.165, 1.54) is 18.2 Å². The van der Waals surface area contributed by atoms with Gasteiger partial charge in [0.15, 0.2) is 18.1 Å². The Labute approximate surface area is 196 Å². The van der Waals surface area contributed by atoms with Gasteiger partial charge in [0.1, 0.15) is 5.57 Å². The summed E-state index contributed by atoms with van der Waals surface area (Å²) in [6.45, 7) is 1.60. The highest BCUT2D eigenvalue weighted by molar-refractivity contribution is 6.31. The van der Waals surface area contributed by atoms with E-state index in [4.69, 9.17) is 9.47 Å². The fraction of sp³-hybridized carbons (Fsp3) is 0.115. The Morgan fingerprint density at radius 1 is 1.00 bits per heavy atom. The van der Waals surface area contributed by atoms with Crippen LogP contribution in [0.1, 0.15) is 11.1 Å². The number of carbonyl (C=O) groups is 3. The summed E-state index contributed by atoms with van der Waals surface area (Å²) < 4.78 is 11.2. The van der Waals surface area contributed by atoms with Crippen molar-refractivity contribution < 1.29 is 23.9 Å². The van der Waals surface area contributed by atoms with Crippen molar-refractivity contribution in [2.24, 2.45) is 0 Å². The summed E-state index contributed by atoms with van der Waals surface area (Å²) in [5, 5.41) is 3.99. The molecule has 0 aromatic heterocycles. The minimum atomic E-state index is -0.542. The molecule has 0 spiro atoms. The average molecular weight is 457 g/mol. The first kappa shape index (κ1) is 22.6. The van der Waals surface area contributed by atoms with Crippen LogP contribution in [0.15, 0.2) is 78.4 Å². The molecule has 1 aliphatic rings. The second kappa shape index (κ2) is 9.91. The smallest absolute Gasteiger partial charge is 0.282 e. The normalized spacial score (nSPS) is 14.2. The topological polar surface area (TPSA) is 97.0 Å². The van der Waals surface area contributed by atoms with Crippen LogP contribution in [0.4, 0.5) is 11.4 Å². The van der Waals surface area contributed by atoms with Gasteiger partial charge in [-0.05, 0) is 42.8 Å². The molecular weight excluding hydrogens is 434 g/mol. The summed E-state index contributed by atoms with van der Waals surface area (Å²) in [7, 11) is 1.47. The number of nitrogens with one attached hydrogen (secondary N) is 2. The van der Waals surface area contributed by atoms with Gasteiger partial charge in [0.05, 0.1) is 12.8 Å². The molecule has 3 aromatic carbocycles. The van der Waals surface area contributed by atoms with Gasteiger partial charge in [-0.2, -0.15) is 0 Å². The van der Waals surface area contributed by atoms with Crippen LogP contribution in [0.3, 0.4) is 0 Å². The van der Waals surface area contributed by atoms with Crippen molar-refractivity contribution in [1.82, 2.24) is 5.43 Å². The molecule has 0 unspecified atom stereocenters. The maximum absolute atomic E-state index is 12.9. The first-order chi connectivity index (χ1) is 16.5. The maximum atomic E-state index is 12.9. The third-order valence-electron chi connectivity index (χ3n) is 5.20. The fourth-order valence-electron chi connectivity index (χ4n) is 3.47. The maximum Gasteiger partial charge on any atom is 0.282 e. The molecule has 172 valence electrons. The van der Waals surface area contributed by atoms with E-state index >= 15 is 0 Å². The standard InChI is InChI=1S/C26H23N3O5/c1-17-9-6-7-13-21(17)27-23(30)16-34-24-18(10-8-14-22(24)33-2)15-20-25(31)28-29(26(20)32)19-11-4-3-5-12-19/h3-15H,16H2,1-2H3,(H,27,30)(H,28,31)/b20-15-. The zero-order chi connectivity index (χ0) is 24.1. The monoisotopic (exact) mass is 457 g/mol. The molecule has 8 heteroatoms. The van der Waals surface area contributed by atoms with Crippen LogP contribution in [0.2, 0.25) is 0 Å². The number of amides is 3. The van der Waals surface area contributed by atoms with Gasteiger partial charge in [-0.1, -0.05) is 48.5 Å². The number of carbonyl (C=O) groups excluding carboxylic acids is 3. The zero-order valence-corrected chi connectivity index (χ0v) is 18.7. The number of ether oxygens (including phenoxy) is 2. The number of benzene rings is 3. The van der Waals surface area contributed by atoms with Crippen molar-refractivity contribution in [2.45, 2.75) is 6.92 Å². The number of hydrazine groups is 1. The van der Waals surface area contributed by atoms with Crippen molar-refractivity contribution in [1.29, 1.82) is 0 Å². The molecule has 1 aliphatic heterocycles. The van der Waals surface area contributed by atoms with Crippen molar-refractivity contribution in [2.75, 3.05) is 24.0 Å². The van der Waals surface area contributed by atoms with Gasteiger partial charge in [-0.3, -0.25) is 19.8 Å². The van der Waals surface area contributed by atoms with Gasteiger partial charge in [-0.25, -0.2) is 5.01 Å². The van der Waals surface area contributed by atoms with Crippen LogP contribution in [-0.4, -0.2) is 31.4 Å². The summed E-state index contributed by atoms with van der Waals surface area (Å²) in [6, 6.07) is 21.3. The average Bonchev–Trinajstić information content (AvgIpc) is 3.13. The number of anilines is 2. The van der Waals surface area contributed by atoms with Crippen LogP contribution < -0.4 is 25.2 Å². The largest absolute Gasteiger partial charge is 0.493 e. The predicted molar refractivity (Wildman–Crippen MR) is 128 cm³/mol. The van der Waals surface area contributed by atoms with Crippen molar-refractivity contribution in [3.05, 3.63) is 89.5 Å². The molecule has 3 amide bonds. The summed E-state index contributed by atoms with van der Waals surface area (Å²) in [5.41, 5.74) is 5.08. The fourth-order valence-corrected chi connectivity index (χ4v) is 3.47. The minimum Gasteiger partial charge on any atom is -0.493 e. The molecule has 0 radical (unpaired) electrons. The molecule has 0 atom stereocenters. The molecule has 0 bridgehead atoms. The number of rotatable bonds is 7. The Hall–Kier alpha value is -4.59. The lowest BCUT2D eigenvalue weighted by atomic mass is 10.1. The predicted octanol–water partition coefficient (Wildman–Crippen LogP) is 3.48. The number of aryl methyl sites for hydroxylation is 1. The molecule has 1 heterocycles. The van der Waals surface area contributed by atoms with E-state index in [2.05, 4.69) is 10.7 Å². The van der Waals surface area contributed by atoms with Crippen molar-refractivity contribution >= 4 is 35.2 Å². The molecule has 8 nitrogen and oxygen atoms in total. The Kier molecular flexibility index (Phi) is 6.59. The molecule has 34 heavy (non-hydrogen) atoms. The SMILES string of the molecule is COc1cccc(/C=C2/C(=O)NN(c3ccccc3)C2=O)c1OCC(=O)Nc1ccccc1C. The Morgan fingerprint density at radius 2 is 1.74 bits per heavy atom. The highest BCUT2D eigenvalue weighted by Crippen LogP contribution is 2.33. The molecule has 1 fully saturated rings. The van der Waals surface area contributed by atoms with E-state index in [-0.39, 0.29) is 23.8 Å². The van der Waals surface area contributed by atoms with Gasteiger partial charge in [0.2, 0.25) is 0 Å². The molecule has 0 aliphatic carbocycles. The van der Waals surface area contributed by atoms with E-state index in [0.29, 0.717) is 22.7 Å². The second-order valence-corrected chi connectivity index (χ2v) is 7.51. The van der Waals surface area contributed by atoms with E-state index in [1.807, 2.05) is 31.2 Å². The lowest BCUT2D eigenvalue weighted by Crippen LogP contribution is -2.35. The first-order valence-corrected chi connectivity index (χ1v) is 10.6. The number of para-hydroxylation sites is 3. The molecular formula is C26H23N3O5. The highest BCUT2D eigenvalue weighted by atomic mass is 16.5. The molecule has 1 saturated heterocycles. The third kappa shape index (κ3) is 4.75. The lowest BCUT2D eigenvalue weighted by molar-refractivity contribution is -0.118. The molecule has 3 aromatic rings. The summed E-state index contributed by atoms with van der Waals surface area (Å²) >= 11 is 0. The Balaban J connectivity index is 1.57. The highest BCUT2D eigenvalue weighted by Gasteiger charge is 2.34. The van der Waals surface area contributed by atoms with Gasteiger partial charge in [0.25, 0.3) is 17.7 Å².